The molecule has 1 aliphatic carbocycles. The van der Waals surface area contributed by atoms with E-state index >= 15 is 0 Å². The second-order valence-corrected chi connectivity index (χ2v) is 7.92. The zero-order valence-corrected chi connectivity index (χ0v) is 14.9. The molecular weight excluding hydrogens is 348 g/mol. The normalized spacial score (nSPS) is 28.5. The van der Waals surface area contributed by atoms with Crippen molar-refractivity contribution < 1.29 is 4.74 Å². The van der Waals surface area contributed by atoms with Crippen LogP contribution in [0.3, 0.4) is 0 Å². The molecule has 5 heteroatoms. The van der Waals surface area contributed by atoms with Crippen molar-refractivity contribution in [2.75, 3.05) is 18.2 Å². The number of nitrogens with one attached hydrogen (secondary N) is 1. The molecule has 0 radical (unpaired) electrons. The van der Waals surface area contributed by atoms with Gasteiger partial charge in [-0.25, -0.2) is 0 Å². The van der Waals surface area contributed by atoms with E-state index in [-0.39, 0.29) is 5.54 Å². The third-order valence-corrected chi connectivity index (χ3v) is 6.06. The molecule has 0 bridgehead atoms. The summed E-state index contributed by atoms with van der Waals surface area (Å²) in [6.07, 6.45) is 5.14. The van der Waals surface area contributed by atoms with Crippen LogP contribution in [0.5, 0.6) is 5.75 Å². The summed E-state index contributed by atoms with van der Waals surface area (Å²) in [4.78, 5) is 5.02. The highest BCUT2D eigenvalue weighted by atomic mass is 79.9. The SMILES string of the molecule is COc1ccc(NC2=NC3(CCCC(C)C3)CS2)cc1Br. The number of ether oxygens (including phenoxy) is 1. The van der Waals surface area contributed by atoms with Crippen LogP contribution in [0.2, 0.25) is 0 Å². The summed E-state index contributed by atoms with van der Waals surface area (Å²) < 4.78 is 6.22. The highest BCUT2D eigenvalue weighted by molar-refractivity contribution is 9.10. The van der Waals surface area contributed by atoms with E-state index < -0.39 is 0 Å². The smallest absolute Gasteiger partial charge is 0.161 e. The number of anilines is 1. The third-order valence-electron chi connectivity index (χ3n) is 4.29. The Morgan fingerprint density at radius 3 is 3.05 bits per heavy atom. The molecule has 1 aromatic rings. The summed E-state index contributed by atoms with van der Waals surface area (Å²) in [7, 11) is 1.68. The lowest BCUT2D eigenvalue weighted by molar-refractivity contribution is 0.266. The zero-order chi connectivity index (χ0) is 14.9. The number of hydrogen-bond acceptors (Lipinski definition) is 4. The fourth-order valence-electron chi connectivity index (χ4n) is 3.28. The summed E-state index contributed by atoms with van der Waals surface area (Å²) in [6, 6.07) is 6.03. The first kappa shape index (κ1) is 15.2. The average molecular weight is 369 g/mol. The molecule has 114 valence electrons. The summed E-state index contributed by atoms with van der Waals surface area (Å²) in [6.45, 7) is 2.35. The maximum Gasteiger partial charge on any atom is 0.161 e. The Kier molecular flexibility index (Phi) is 4.50. The van der Waals surface area contributed by atoms with Crippen molar-refractivity contribution in [1.29, 1.82) is 0 Å². The third kappa shape index (κ3) is 3.39. The topological polar surface area (TPSA) is 33.6 Å². The van der Waals surface area contributed by atoms with Crippen molar-refractivity contribution in [2.45, 2.75) is 38.1 Å². The molecule has 1 saturated carbocycles. The molecule has 1 aliphatic heterocycles. The predicted molar refractivity (Wildman–Crippen MR) is 94.6 cm³/mol. The van der Waals surface area contributed by atoms with Gasteiger partial charge in [-0.2, -0.15) is 0 Å². The molecule has 2 atom stereocenters. The number of amidine groups is 1. The number of benzene rings is 1. The summed E-state index contributed by atoms with van der Waals surface area (Å²) in [5.74, 6) is 2.77. The van der Waals surface area contributed by atoms with Gasteiger partial charge >= 0.3 is 0 Å². The molecule has 3 rings (SSSR count). The summed E-state index contributed by atoms with van der Waals surface area (Å²) in [5, 5.41) is 4.50. The second-order valence-electron chi connectivity index (χ2n) is 6.11. The van der Waals surface area contributed by atoms with Gasteiger partial charge in [-0.15, -0.1) is 0 Å². The van der Waals surface area contributed by atoms with Crippen molar-refractivity contribution in [2.24, 2.45) is 10.9 Å². The van der Waals surface area contributed by atoms with Crippen molar-refractivity contribution >= 4 is 38.5 Å². The lowest BCUT2D eigenvalue weighted by atomic mass is 9.78. The van der Waals surface area contributed by atoms with Crippen molar-refractivity contribution in [3.8, 4) is 5.75 Å². The lowest BCUT2D eigenvalue weighted by Crippen LogP contribution is -2.33. The van der Waals surface area contributed by atoms with E-state index in [1.54, 1.807) is 7.11 Å². The van der Waals surface area contributed by atoms with E-state index in [9.17, 15) is 0 Å². The number of hydrogen-bond donors (Lipinski definition) is 1. The van der Waals surface area contributed by atoms with Gasteiger partial charge in [-0.05, 0) is 52.9 Å². The van der Waals surface area contributed by atoms with E-state index in [1.165, 1.54) is 25.7 Å². The number of nitrogens with zero attached hydrogens (tertiary/aromatic N) is 1. The minimum absolute atomic E-state index is 0.189. The Bertz CT molecular complexity index is 563. The minimum atomic E-state index is 0.189. The van der Waals surface area contributed by atoms with Crippen LogP contribution in [0.25, 0.3) is 0 Å². The first-order valence-corrected chi connectivity index (χ1v) is 9.21. The van der Waals surface area contributed by atoms with Crippen LogP contribution in [-0.4, -0.2) is 23.6 Å². The van der Waals surface area contributed by atoms with E-state index in [4.69, 9.17) is 9.73 Å². The quantitative estimate of drug-likeness (QED) is 0.803. The van der Waals surface area contributed by atoms with Crippen LogP contribution in [0.15, 0.2) is 27.7 Å². The molecule has 1 aromatic carbocycles. The maximum absolute atomic E-state index is 5.26. The molecule has 1 heterocycles. The molecule has 2 unspecified atom stereocenters. The Labute approximate surface area is 139 Å². The van der Waals surface area contributed by atoms with Crippen molar-refractivity contribution in [1.82, 2.24) is 0 Å². The highest BCUT2D eigenvalue weighted by Gasteiger charge is 2.39. The fourth-order valence-corrected chi connectivity index (χ4v) is 5.00. The second kappa shape index (κ2) is 6.21. The minimum Gasteiger partial charge on any atom is -0.496 e. The van der Waals surface area contributed by atoms with E-state index in [1.807, 2.05) is 30.0 Å². The van der Waals surface area contributed by atoms with Gasteiger partial charge in [0.05, 0.1) is 17.1 Å². The molecule has 1 fully saturated rings. The van der Waals surface area contributed by atoms with Crippen LogP contribution in [0.1, 0.15) is 32.6 Å². The number of rotatable bonds is 2. The van der Waals surface area contributed by atoms with Gasteiger partial charge < -0.3 is 10.1 Å². The Balaban J connectivity index is 1.72. The van der Waals surface area contributed by atoms with Gasteiger partial charge in [0.1, 0.15) is 5.75 Å². The molecule has 21 heavy (non-hydrogen) atoms. The van der Waals surface area contributed by atoms with Crippen molar-refractivity contribution in [3.05, 3.63) is 22.7 Å². The maximum atomic E-state index is 5.26. The fraction of sp³-hybridized carbons (Fsp3) is 0.562. The van der Waals surface area contributed by atoms with Gasteiger partial charge in [-0.3, -0.25) is 4.99 Å². The number of methoxy groups -OCH3 is 1. The standard InChI is InChI=1S/C16H21BrN2OS/c1-11-4-3-7-16(9-11)10-21-15(19-16)18-12-5-6-14(20-2)13(17)8-12/h5-6,8,11H,3-4,7,9-10H2,1-2H3,(H,18,19). The molecule has 0 amide bonds. The van der Waals surface area contributed by atoms with Gasteiger partial charge in [0.2, 0.25) is 0 Å². The molecule has 3 nitrogen and oxygen atoms in total. The van der Waals surface area contributed by atoms with Crippen LogP contribution in [0.4, 0.5) is 5.69 Å². The Morgan fingerprint density at radius 1 is 1.48 bits per heavy atom. The monoisotopic (exact) mass is 368 g/mol. The van der Waals surface area contributed by atoms with Crippen LogP contribution in [0, 0.1) is 5.92 Å². The zero-order valence-electron chi connectivity index (χ0n) is 12.5. The molecule has 2 aliphatic rings. The largest absolute Gasteiger partial charge is 0.496 e. The predicted octanol–water partition coefficient (Wildman–Crippen LogP) is 4.92. The molecule has 0 aromatic heterocycles. The summed E-state index contributed by atoms with van der Waals surface area (Å²) in [5.41, 5.74) is 1.24. The number of aliphatic imine (C=N–C) groups is 1. The van der Waals surface area contributed by atoms with E-state index in [2.05, 4.69) is 28.2 Å². The Morgan fingerprint density at radius 2 is 2.33 bits per heavy atom. The Hall–Kier alpha value is -0.680. The van der Waals surface area contributed by atoms with Gasteiger partial charge in [0.25, 0.3) is 0 Å². The van der Waals surface area contributed by atoms with Gasteiger partial charge in [0.15, 0.2) is 5.17 Å². The number of thioether (sulfide) groups is 1. The molecule has 1 N–H and O–H groups in total. The first-order valence-electron chi connectivity index (χ1n) is 7.43. The van der Waals surface area contributed by atoms with Crippen LogP contribution >= 0.6 is 27.7 Å². The number of halogens is 1. The van der Waals surface area contributed by atoms with Crippen molar-refractivity contribution in [3.63, 3.8) is 0 Å². The molecular formula is C16H21BrN2OS. The lowest BCUT2D eigenvalue weighted by Gasteiger charge is -2.33. The van der Waals surface area contributed by atoms with Crippen LogP contribution in [-0.2, 0) is 0 Å². The summed E-state index contributed by atoms with van der Waals surface area (Å²) >= 11 is 5.38. The first-order chi connectivity index (χ1) is 10.1. The molecule has 1 spiro atoms. The van der Waals surface area contributed by atoms with E-state index in [0.29, 0.717) is 0 Å². The van der Waals surface area contributed by atoms with Crippen LogP contribution < -0.4 is 10.1 Å². The van der Waals surface area contributed by atoms with E-state index in [0.717, 1.165) is 32.7 Å². The van der Waals surface area contributed by atoms with Gasteiger partial charge in [0, 0.05) is 11.4 Å². The average Bonchev–Trinajstić information content (AvgIpc) is 2.81. The van der Waals surface area contributed by atoms with Gasteiger partial charge in [-0.1, -0.05) is 31.5 Å². The molecule has 0 saturated heterocycles. The highest BCUT2D eigenvalue weighted by Crippen LogP contribution is 2.42.